The van der Waals surface area contributed by atoms with Gasteiger partial charge in [-0.05, 0) is 41.2 Å². The van der Waals surface area contributed by atoms with E-state index in [1.54, 1.807) is 12.1 Å². The molecule has 4 aromatic carbocycles. The molecule has 0 saturated heterocycles. The predicted octanol–water partition coefficient (Wildman–Crippen LogP) is 5.74. The van der Waals surface area contributed by atoms with Gasteiger partial charge in [0.2, 0.25) is 16.8 Å². The molecule has 0 aliphatic carbocycles. The van der Waals surface area contributed by atoms with Gasteiger partial charge in [-0.2, -0.15) is 4.31 Å². The first-order chi connectivity index (χ1) is 20.8. The lowest BCUT2D eigenvalue weighted by Gasteiger charge is -2.37. The second-order valence-electron chi connectivity index (χ2n) is 11.4. The lowest BCUT2D eigenvalue weighted by molar-refractivity contribution is 0.0273. The van der Waals surface area contributed by atoms with Crippen LogP contribution in [0.1, 0.15) is 30.5 Å². The number of ether oxygens (including phenoxy) is 2. The summed E-state index contributed by atoms with van der Waals surface area (Å²) >= 11 is 0. The third kappa shape index (κ3) is 8.03. The molecule has 1 aliphatic rings. The zero-order chi connectivity index (χ0) is 30.2. The molecule has 2 atom stereocenters. The molecule has 0 saturated carbocycles. The first-order valence-electron chi connectivity index (χ1n) is 14.7. The van der Waals surface area contributed by atoms with Crippen molar-refractivity contribution in [2.45, 2.75) is 50.4 Å². The Morgan fingerprint density at radius 2 is 1.26 bits per heavy atom. The minimum atomic E-state index is -3.94. The van der Waals surface area contributed by atoms with E-state index >= 15 is 0 Å². The predicted molar refractivity (Wildman–Crippen MR) is 168 cm³/mol. The van der Waals surface area contributed by atoms with Crippen molar-refractivity contribution in [1.82, 2.24) is 9.21 Å². The number of sulfonamides is 1. The maximum absolute atomic E-state index is 14.0. The average molecular weight is 601 g/mol. The number of rotatable bonds is 14. The van der Waals surface area contributed by atoms with Gasteiger partial charge in [-0.1, -0.05) is 105 Å². The normalized spacial score (nSPS) is 14.4. The number of hydrogen-bond donors (Lipinski definition) is 1. The van der Waals surface area contributed by atoms with E-state index in [4.69, 9.17) is 9.47 Å². The van der Waals surface area contributed by atoms with Gasteiger partial charge in [0.05, 0.1) is 11.0 Å². The second-order valence-corrected chi connectivity index (χ2v) is 13.4. The molecule has 1 aliphatic heterocycles. The fraction of sp³-hybridized carbons (Fsp3) is 0.314. The number of fused-ring (bicyclic) bond motifs is 1. The molecule has 5 rings (SSSR count). The maximum Gasteiger partial charge on any atom is 0.243 e. The Hall–Kier alpha value is -3.69. The highest BCUT2D eigenvalue weighted by Crippen LogP contribution is 2.35. The Morgan fingerprint density at radius 3 is 1.81 bits per heavy atom. The molecule has 0 fully saturated rings. The van der Waals surface area contributed by atoms with Crippen molar-refractivity contribution in [3.05, 3.63) is 126 Å². The van der Waals surface area contributed by atoms with Crippen molar-refractivity contribution in [2.24, 2.45) is 5.92 Å². The Kier molecular flexibility index (Phi) is 10.1. The molecule has 0 aromatic heterocycles. The topological polar surface area (TPSA) is 79.3 Å². The van der Waals surface area contributed by atoms with Crippen molar-refractivity contribution < 1.29 is 23.0 Å². The van der Waals surface area contributed by atoms with Crippen LogP contribution in [0.15, 0.2) is 114 Å². The Bertz CT molecular complexity index is 1510. The lowest BCUT2D eigenvalue weighted by atomic mass is 9.97. The van der Waals surface area contributed by atoms with E-state index in [2.05, 4.69) is 41.3 Å². The van der Waals surface area contributed by atoms with E-state index in [1.807, 2.05) is 68.4 Å². The van der Waals surface area contributed by atoms with Crippen molar-refractivity contribution >= 4 is 10.0 Å². The van der Waals surface area contributed by atoms with E-state index in [-0.39, 0.29) is 36.7 Å². The number of hydrogen-bond acceptors (Lipinski definition) is 6. The summed E-state index contributed by atoms with van der Waals surface area (Å²) in [4.78, 5) is 2.39. The summed E-state index contributed by atoms with van der Waals surface area (Å²) in [7, 11) is -3.94. The van der Waals surface area contributed by atoms with E-state index in [1.165, 1.54) is 10.4 Å². The van der Waals surface area contributed by atoms with Gasteiger partial charge in [0.1, 0.15) is 0 Å². The minimum absolute atomic E-state index is 0.0491. The molecule has 4 aromatic rings. The summed E-state index contributed by atoms with van der Waals surface area (Å²) in [5.41, 5.74) is 3.32. The quantitative estimate of drug-likeness (QED) is 0.199. The summed E-state index contributed by atoms with van der Waals surface area (Å²) in [5, 5.41) is 12.1. The van der Waals surface area contributed by atoms with Crippen LogP contribution in [0.2, 0.25) is 0 Å². The Labute approximate surface area is 255 Å². The molecule has 0 radical (unpaired) electrons. The van der Waals surface area contributed by atoms with Crippen LogP contribution in [-0.2, 0) is 29.5 Å². The zero-order valence-electron chi connectivity index (χ0n) is 24.7. The third-order valence-electron chi connectivity index (χ3n) is 7.60. The van der Waals surface area contributed by atoms with Crippen molar-refractivity contribution in [3.8, 4) is 11.5 Å². The Morgan fingerprint density at radius 1 is 0.721 bits per heavy atom. The van der Waals surface area contributed by atoms with Crippen LogP contribution >= 0.6 is 0 Å². The zero-order valence-corrected chi connectivity index (χ0v) is 25.6. The molecule has 2 unspecified atom stereocenters. The lowest BCUT2D eigenvalue weighted by Crippen LogP contribution is -2.50. The summed E-state index contributed by atoms with van der Waals surface area (Å²) < 4.78 is 40.4. The number of aliphatic hydroxyl groups excluding tert-OH is 1. The molecule has 43 heavy (non-hydrogen) atoms. The molecule has 8 heteroatoms. The fourth-order valence-electron chi connectivity index (χ4n) is 5.49. The molecular weight excluding hydrogens is 560 g/mol. The van der Waals surface area contributed by atoms with Crippen LogP contribution in [0.4, 0.5) is 0 Å². The van der Waals surface area contributed by atoms with Gasteiger partial charge in [0.15, 0.2) is 11.5 Å². The van der Waals surface area contributed by atoms with Crippen molar-refractivity contribution in [2.75, 3.05) is 19.9 Å². The summed E-state index contributed by atoms with van der Waals surface area (Å²) in [6, 6.07) is 34.7. The Balaban J connectivity index is 1.49. The second kappa shape index (κ2) is 14.2. The molecule has 7 nitrogen and oxygen atoms in total. The molecule has 1 heterocycles. The van der Waals surface area contributed by atoms with Gasteiger partial charge in [-0.15, -0.1) is 0 Å². The molecule has 0 bridgehead atoms. The summed E-state index contributed by atoms with van der Waals surface area (Å²) in [5.74, 6) is 0.980. The van der Waals surface area contributed by atoms with Crippen molar-refractivity contribution in [1.29, 1.82) is 0 Å². The van der Waals surface area contributed by atoms with E-state index < -0.39 is 16.1 Å². The fourth-order valence-corrected chi connectivity index (χ4v) is 7.12. The maximum atomic E-state index is 14.0. The van der Waals surface area contributed by atoms with E-state index in [0.717, 1.165) is 16.7 Å². The first kappa shape index (κ1) is 30.8. The van der Waals surface area contributed by atoms with Crippen LogP contribution in [0.25, 0.3) is 0 Å². The SMILES string of the molecule is CC(C)CN(CC(O)C(Cc1ccccc1)N(Cc1ccccc1)Cc1ccccc1)S(=O)(=O)c1ccc2c(c1)OCO2. The largest absolute Gasteiger partial charge is 0.454 e. The smallest absolute Gasteiger partial charge is 0.243 e. The van der Waals surface area contributed by atoms with Crippen LogP contribution in [-0.4, -0.2) is 54.8 Å². The van der Waals surface area contributed by atoms with Gasteiger partial charge >= 0.3 is 0 Å². The molecule has 0 amide bonds. The van der Waals surface area contributed by atoms with Crippen LogP contribution in [0.3, 0.4) is 0 Å². The molecule has 0 spiro atoms. The van der Waals surface area contributed by atoms with Crippen LogP contribution < -0.4 is 9.47 Å². The summed E-state index contributed by atoms with van der Waals surface area (Å²) in [6.45, 7) is 5.44. The van der Waals surface area contributed by atoms with Crippen LogP contribution in [0, 0.1) is 5.92 Å². The first-order valence-corrected chi connectivity index (χ1v) is 16.2. The molecular formula is C35H40N2O5S. The van der Waals surface area contributed by atoms with Gasteiger partial charge in [-0.25, -0.2) is 8.42 Å². The number of aliphatic hydroxyl groups is 1. The van der Waals surface area contributed by atoms with Gasteiger partial charge in [0.25, 0.3) is 0 Å². The highest BCUT2D eigenvalue weighted by Gasteiger charge is 2.34. The highest BCUT2D eigenvalue weighted by molar-refractivity contribution is 7.89. The minimum Gasteiger partial charge on any atom is -0.454 e. The van der Waals surface area contributed by atoms with Crippen molar-refractivity contribution in [3.63, 3.8) is 0 Å². The summed E-state index contributed by atoms with van der Waals surface area (Å²) in [6.07, 6.45) is -0.420. The van der Waals surface area contributed by atoms with Crippen LogP contribution in [0.5, 0.6) is 11.5 Å². The number of benzene rings is 4. The molecule has 226 valence electrons. The monoisotopic (exact) mass is 600 g/mol. The third-order valence-corrected chi connectivity index (χ3v) is 9.43. The number of nitrogens with zero attached hydrogens (tertiary/aromatic N) is 2. The van der Waals surface area contributed by atoms with Gasteiger partial charge < -0.3 is 14.6 Å². The van der Waals surface area contributed by atoms with Gasteiger partial charge in [0, 0.05) is 38.3 Å². The van der Waals surface area contributed by atoms with Gasteiger partial charge in [-0.3, -0.25) is 4.90 Å². The average Bonchev–Trinajstić information content (AvgIpc) is 3.49. The highest BCUT2D eigenvalue weighted by atomic mass is 32.2. The van der Waals surface area contributed by atoms with E-state index in [0.29, 0.717) is 31.0 Å². The van der Waals surface area contributed by atoms with E-state index in [9.17, 15) is 13.5 Å². The molecule has 1 N–H and O–H groups in total. The standard InChI is InChI=1S/C35H40N2O5S/c1-27(2)22-37(43(39,40)31-18-19-34-35(21-31)42-26-41-34)25-33(38)32(20-28-12-6-3-7-13-28)36(23-29-14-8-4-9-15-29)24-30-16-10-5-11-17-30/h3-19,21,27,32-33,38H,20,22-26H2,1-2H3.